The number of ether oxygens (including phenoxy) is 3. The Morgan fingerprint density at radius 3 is 2.44 bits per heavy atom. The summed E-state index contributed by atoms with van der Waals surface area (Å²) in [6.45, 7) is 12.1. The fourth-order valence-corrected chi connectivity index (χ4v) is 6.94. The van der Waals surface area contributed by atoms with E-state index in [0.29, 0.717) is 31.6 Å². The van der Waals surface area contributed by atoms with Crippen LogP contribution in [0.3, 0.4) is 0 Å². The number of anilines is 2. The highest BCUT2D eigenvalue weighted by Crippen LogP contribution is 2.38. The van der Waals surface area contributed by atoms with Crippen LogP contribution in [0, 0.1) is 0 Å². The molecule has 0 radical (unpaired) electrons. The summed E-state index contributed by atoms with van der Waals surface area (Å²) in [7, 11) is 1.74. The first kappa shape index (κ1) is 29.7. The molecule has 4 aliphatic rings. The number of carbonyl (C=O) groups is 2. The molecule has 43 heavy (non-hydrogen) atoms. The second kappa shape index (κ2) is 11.6. The van der Waals surface area contributed by atoms with Gasteiger partial charge in [0, 0.05) is 37.3 Å². The monoisotopic (exact) mass is 598 g/mol. The molecule has 3 atom stereocenters. The first-order valence-corrected chi connectivity index (χ1v) is 15.8. The standard InChI is InChI=1S/C30H46N8O5/c1-18(2)24-14-31-38-25(24)33-26(36-11-7-8-22(36)17-41-6)34-27(38)32-19-12-20-9-10-21(13-19)37(20)29(40)42-23-15-35(16-23)28(39)43-30(3,4)5/h14,18-23H,7-13,15-17H2,1-6H3,(H,32,33,34)/t19?,20?,21?,22-/m0/s1. The Kier molecular flexibility index (Phi) is 8.03. The lowest BCUT2D eigenvalue weighted by Crippen LogP contribution is -2.58. The van der Waals surface area contributed by atoms with Gasteiger partial charge in [0.25, 0.3) is 0 Å². The van der Waals surface area contributed by atoms with Gasteiger partial charge >= 0.3 is 12.2 Å². The predicted octanol–water partition coefficient (Wildman–Crippen LogP) is 4.03. The van der Waals surface area contributed by atoms with Gasteiger partial charge in [-0.3, -0.25) is 0 Å². The highest BCUT2D eigenvalue weighted by Gasteiger charge is 2.46. The van der Waals surface area contributed by atoms with Crippen molar-refractivity contribution in [1.82, 2.24) is 29.4 Å². The summed E-state index contributed by atoms with van der Waals surface area (Å²) in [4.78, 5) is 41.3. The van der Waals surface area contributed by atoms with Crippen molar-refractivity contribution in [3.63, 3.8) is 0 Å². The van der Waals surface area contributed by atoms with Crippen molar-refractivity contribution in [2.45, 2.75) is 115 Å². The number of carbonyl (C=O) groups excluding carboxylic acids is 2. The van der Waals surface area contributed by atoms with Crippen molar-refractivity contribution in [2.75, 3.05) is 43.6 Å². The quantitative estimate of drug-likeness (QED) is 0.499. The molecular weight excluding hydrogens is 552 g/mol. The van der Waals surface area contributed by atoms with Crippen LogP contribution >= 0.6 is 0 Å². The molecule has 0 saturated carbocycles. The molecule has 2 aromatic heterocycles. The van der Waals surface area contributed by atoms with E-state index in [1.54, 1.807) is 12.0 Å². The van der Waals surface area contributed by atoms with Gasteiger partial charge in [0.2, 0.25) is 11.9 Å². The molecule has 0 aliphatic carbocycles. The Bertz CT molecular complexity index is 1320. The Morgan fingerprint density at radius 2 is 1.79 bits per heavy atom. The van der Waals surface area contributed by atoms with Gasteiger partial charge in [-0.15, -0.1) is 0 Å². The largest absolute Gasteiger partial charge is 0.444 e. The van der Waals surface area contributed by atoms with Crippen LogP contribution in [0.5, 0.6) is 0 Å². The van der Waals surface area contributed by atoms with Crippen LogP contribution in [0.2, 0.25) is 0 Å². The Labute approximate surface area is 253 Å². The molecule has 2 amide bonds. The van der Waals surface area contributed by atoms with E-state index < -0.39 is 5.60 Å². The highest BCUT2D eigenvalue weighted by molar-refractivity contribution is 5.71. The third kappa shape index (κ3) is 6.05. The van der Waals surface area contributed by atoms with E-state index >= 15 is 0 Å². The van der Waals surface area contributed by atoms with E-state index in [1.165, 1.54) is 0 Å². The van der Waals surface area contributed by atoms with E-state index in [4.69, 9.17) is 24.2 Å². The lowest BCUT2D eigenvalue weighted by atomic mass is 9.98. The summed E-state index contributed by atoms with van der Waals surface area (Å²) in [5.74, 6) is 1.67. The van der Waals surface area contributed by atoms with Crippen molar-refractivity contribution < 1.29 is 23.8 Å². The minimum Gasteiger partial charge on any atom is -0.444 e. The van der Waals surface area contributed by atoms with Crippen LogP contribution in [0.15, 0.2) is 6.20 Å². The molecule has 6 rings (SSSR count). The maximum absolute atomic E-state index is 13.2. The zero-order valence-electron chi connectivity index (χ0n) is 26.3. The summed E-state index contributed by atoms with van der Waals surface area (Å²) in [6.07, 6.45) is 6.58. The van der Waals surface area contributed by atoms with E-state index in [-0.39, 0.29) is 48.4 Å². The lowest BCUT2D eigenvalue weighted by Gasteiger charge is -2.42. The van der Waals surface area contributed by atoms with E-state index in [9.17, 15) is 9.59 Å². The average molecular weight is 599 g/mol. The maximum atomic E-state index is 13.2. The lowest BCUT2D eigenvalue weighted by molar-refractivity contribution is -0.0485. The maximum Gasteiger partial charge on any atom is 0.410 e. The SMILES string of the molecule is COC[C@@H]1CCCN1c1nc(NC2CC3CCC(C2)N3C(=O)OC2CN(C(=O)OC(C)(C)C)C2)n2ncc(C(C)C)c2n1. The van der Waals surface area contributed by atoms with Gasteiger partial charge in [0.15, 0.2) is 5.65 Å². The molecule has 2 aromatic rings. The van der Waals surface area contributed by atoms with Gasteiger partial charge in [-0.25, -0.2) is 9.59 Å². The Hall–Kier alpha value is -3.35. The number of piperidine rings is 1. The first-order chi connectivity index (χ1) is 20.5. The zero-order valence-corrected chi connectivity index (χ0v) is 26.3. The van der Waals surface area contributed by atoms with Crippen molar-refractivity contribution >= 4 is 29.7 Å². The number of methoxy groups -OCH3 is 1. The molecule has 236 valence electrons. The highest BCUT2D eigenvalue weighted by atomic mass is 16.6. The van der Waals surface area contributed by atoms with Gasteiger partial charge in [0.05, 0.1) is 31.9 Å². The van der Waals surface area contributed by atoms with Crippen molar-refractivity contribution in [1.29, 1.82) is 0 Å². The summed E-state index contributed by atoms with van der Waals surface area (Å²) in [5.41, 5.74) is 1.37. The molecule has 1 N–H and O–H groups in total. The summed E-state index contributed by atoms with van der Waals surface area (Å²) in [6, 6.07) is 0.578. The molecule has 0 aromatic carbocycles. The molecular formula is C30H46N8O5. The minimum absolute atomic E-state index is 0.0936. The first-order valence-electron chi connectivity index (χ1n) is 15.8. The van der Waals surface area contributed by atoms with Crippen LogP contribution in [-0.2, 0) is 14.2 Å². The average Bonchev–Trinajstić information content (AvgIpc) is 3.61. The van der Waals surface area contributed by atoms with Gasteiger partial charge in [-0.2, -0.15) is 19.6 Å². The smallest absolute Gasteiger partial charge is 0.410 e. The molecule has 4 saturated heterocycles. The summed E-state index contributed by atoms with van der Waals surface area (Å²) in [5, 5.41) is 8.38. The normalized spacial score (nSPS) is 25.9. The van der Waals surface area contributed by atoms with E-state index in [1.807, 2.05) is 36.4 Å². The second-order valence-corrected chi connectivity index (χ2v) is 13.8. The molecule has 0 spiro atoms. The van der Waals surface area contributed by atoms with Crippen LogP contribution in [0.4, 0.5) is 21.5 Å². The number of likely N-dealkylation sites (tertiary alicyclic amines) is 1. The fourth-order valence-electron chi connectivity index (χ4n) is 6.94. The number of hydrogen-bond acceptors (Lipinski definition) is 10. The van der Waals surface area contributed by atoms with Crippen molar-refractivity contribution in [3.05, 3.63) is 11.8 Å². The Morgan fingerprint density at radius 1 is 1.07 bits per heavy atom. The zero-order chi connectivity index (χ0) is 30.5. The Balaban J connectivity index is 1.12. The molecule has 4 aliphatic heterocycles. The van der Waals surface area contributed by atoms with Crippen LogP contribution in [0.25, 0.3) is 5.65 Å². The topological polar surface area (TPSA) is 127 Å². The van der Waals surface area contributed by atoms with Gasteiger partial charge in [0.1, 0.15) is 11.7 Å². The molecule has 2 bridgehead atoms. The molecule has 13 heteroatoms. The van der Waals surface area contributed by atoms with Crippen LogP contribution in [-0.4, -0.2) is 111 Å². The number of amides is 2. The molecule has 4 fully saturated rings. The minimum atomic E-state index is -0.551. The van der Waals surface area contributed by atoms with Gasteiger partial charge in [-0.05, 0) is 65.2 Å². The summed E-state index contributed by atoms with van der Waals surface area (Å²) >= 11 is 0. The van der Waals surface area contributed by atoms with Gasteiger partial charge in [-0.1, -0.05) is 13.8 Å². The number of nitrogens with one attached hydrogen (secondary N) is 1. The van der Waals surface area contributed by atoms with Gasteiger partial charge < -0.3 is 34.2 Å². The third-order valence-corrected chi connectivity index (χ3v) is 9.04. The molecule has 13 nitrogen and oxygen atoms in total. The number of fused-ring (bicyclic) bond motifs is 3. The fraction of sp³-hybridized carbons (Fsp3) is 0.767. The predicted molar refractivity (Wildman–Crippen MR) is 160 cm³/mol. The van der Waals surface area contributed by atoms with Crippen molar-refractivity contribution in [3.8, 4) is 0 Å². The summed E-state index contributed by atoms with van der Waals surface area (Å²) < 4.78 is 18.6. The van der Waals surface area contributed by atoms with E-state index in [0.717, 1.165) is 56.3 Å². The second-order valence-electron chi connectivity index (χ2n) is 13.8. The third-order valence-electron chi connectivity index (χ3n) is 9.04. The number of hydrogen-bond donors (Lipinski definition) is 1. The van der Waals surface area contributed by atoms with E-state index in [2.05, 4.69) is 29.2 Å². The van der Waals surface area contributed by atoms with Crippen molar-refractivity contribution in [2.24, 2.45) is 0 Å². The number of rotatable bonds is 7. The number of nitrogens with zero attached hydrogens (tertiary/aromatic N) is 7. The molecule has 2 unspecified atom stereocenters. The van der Waals surface area contributed by atoms with Crippen LogP contribution in [0.1, 0.15) is 84.6 Å². The molecule has 6 heterocycles. The van der Waals surface area contributed by atoms with Crippen LogP contribution < -0.4 is 10.2 Å². The number of aromatic nitrogens is 4.